The summed E-state index contributed by atoms with van der Waals surface area (Å²) < 4.78 is 0. The van der Waals surface area contributed by atoms with Gasteiger partial charge in [-0.25, -0.2) is 0 Å². The van der Waals surface area contributed by atoms with Gasteiger partial charge in [0.1, 0.15) is 0 Å². The molecule has 0 aromatic carbocycles. The van der Waals surface area contributed by atoms with E-state index >= 15 is 0 Å². The van der Waals surface area contributed by atoms with E-state index in [-0.39, 0.29) is 6.10 Å². The molecule has 0 aliphatic heterocycles. The van der Waals surface area contributed by atoms with Crippen molar-refractivity contribution in [2.45, 2.75) is 112 Å². The molecule has 0 spiro atoms. The standard InChI is InChI=1S/C29H50O/c1-18(2)19(3)8-9-20(4)23-12-13-25-22-10-11-24-21(5)27(30)15-17-29(24,7)26(22)14-16-28(23,25)6/h18,20-27,30H,3,8-17H2,1-2,4-7H3/t20-,21+,22?,23?,24?,25?,26?,27?,28?,29?/m1/s1. The molecule has 0 aromatic rings. The van der Waals surface area contributed by atoms with E-state index in [4.69, 9.17) is 0 Å². The Morgan fingerprint density at radius 3 is 2.23 bits per heavy atom. The lowest BCUT2D eigenvalue weighted by atomic mass is 9.43. The molecule has 4 saturated carbocycles. The Morgan fingerprint density at radius 2 is 1.53 bits per heavy atom. The average Bonchev–Trinajstić information content (AvgIpc) is 3.06. The minimum Gasteiger partial charge on any atom is -0.393 e. The van der Waals surface area contributed by atoms with Crippen molar-refractivity contribution in [3.8, 4) is 0 Å². The second-order valence-electron chi connectivity index (χ2n) is 13.1. The molecule has 172 valence electrons. The smallest absolute Gasteiger partial charge is 0.0568 e. The van der Waals surface area contributed by atoms with Crippen LogP contribution < -0.4 is 0 Å². The van der Waals surface area contributed by atoms with Crippen LogP contribution in [0.4, 0.5) is 0 Å². The van der Waals surface area contributed by atoms with Gasteiger partial charge in [-0.05, 0) is 122 Å². The predicted octanol–water partition coefficient (Wildman–Crippen LogP) is 7.88. The van der Waals surface area contributed by atoms with Gasteiger partial charge in [-0.15, -0.1) is 0 Å². The first-order valence-corrected chi connectivity index (χ1v) is 13.4. The highest BCUT2D eigenvalue weighted by Gasteiger charge is 2.61. The van der Waals surface area contributed by atoms with Crippen LogP contribution in [0, 0.1) is 58.2 Å². The van der Waals surface area contributed by atoms with Crippen LogP contribution in [0.3, 0.4) is 0 Å². The molecule has 1 nitrogen and oxygen atoms in total. The largest absolute Gasteiger partial charge is 0.393 e. The van der Waals surface area contributed by atoms with Crippen molar-refractivity contribution < 1.29 is 5.11 Å². The first kappa shape index (κ1) is 22.9. The Hall–Kier alpha value is -0.300. The topological polar surface area (TPSA) is 20.2 Å². The van der Waals surface area contributed by atoms with Crippen LogP contribution in [0.1, 0.15) is 106 Å². The molecule has 0 aromatic heterocycles. The molecule has 0 amide bonds. The molecular formula is C29H50O. The van der Waals surface area contributed by atoms with Crippen molar-refractivity contribution in [1.29, 1.82) is 0 Å². The lowest BCUT2D eigenvalue weighted by molar-refractivity contribution is -0.149. The van der Waals surface area contributed by atoms with Crippen LogP contribution in [0.15, 0.2) is 12.2 Å². The normalized spacial score (nSPS) is 49.3. The molecular weight excluding hydrogens is 364 g/mol. The third-order valence-corrected chi connectivity index (χ3v) is 11.7. The third-order valence-electron chi connectivity index (χ3n) is 11.7. The molecule has 8 unspecified atom stereocenters. The van der Waals surface area contributed by atoms with Crippen molar-refractivity contribution >= 4 is 0 Å². The summed E-state index contributed by atoms with van der Waals surface area (Å²) in [4.78, 5) is 0. The first-order valence-electron chi connectivity index (χ1n) is 13.4. The zero-order chi connectivity index (χ0) is 21.8. The lowest BCUT2D eigenvalue weighted by Crippen LogP contribution is -2.56. The monoisotopic (exact) mass is 414 g/mol. The van der Waals surface area contributed by atoms with E-state index in [2.05, 4.69) is 48.1 Å². The summed E-state index contributed by atoms with van der Waals surface area (Å²) in [5, 5.41) is 10.5. The van der Waals surface area contributed by atoms with E-state index in [9.17, 15) is 5.11 Å². The van der Waals surface area contributed by atoms with Crippen molar-refractivity contribution in [2.24, 2.45) is 58.2 Å². The maximum atomic E-state index is 10.5. The van der Waals surface area contributed by atoms with Gasteiger partial charge in [0.25, 0.3) is 0 Å². The molecule has 4 fully saturated rings. The van der Waals surface area contributed by atoms with Gasteiger partial charge in [0, 0.05) is 0 Å². The Labute approximate surface area is 187 Å². The SMILES string of the molecule is C=C(CC[C@@H](C)C1CCC2C3CCC4[C@H](C)C(O)CCC4(C)C3CCC21C)C(C)C. The molecule has 10 atom stereocenters. The van der Waals surface area contributed by atoms with Gasteiger partial charge in [0.15, 0.2) is 0 Å². The van der Waals surface area contributed by atoms with Gasteiger partial charge in [-0.2, -0.15) is 0 Å². The molecule has 0 saturated heterocycles. The Kier molecular flexibility index (Phi) is 6.28. The number of allylic oxidation sites excluding steroid dienone is 1. The zero-order valence-electron chi connectivity index (χ0n) is 20.9. The Morgan fingerprint density at radius 1 is 0.900 bits per heavy atom. The molecule has 30 heavy (non-hydrogen) atoms. The lowest BCUT2D eigenvalue weighted by Gasteiger charge is -2.62. The van der Waals surface area contributed by atoms with E-state index in [0.29, 0.717) is 22.7 Å². The third kappa shape index (κ3) is 3.54. The van der Waals surface area contributed by atoms with Crippen molar-refractivity contribution in [1.82, 2.24) is 0 Å². The molecule has 4 aliphatic rings. The van der Waals surface area contributed by atoms with Crippen LogP contribution >= 0.6 is 0 Å². The molecule has 4 aliphatic carbocycles. The fourth-order valence-electron chi connectivity index (χ4n) is 9.59. The van der Waals surface area contributed by atoms with Gasteiger partial charge in [-0.1, -0.05) is 53.7 Å². The van der Waals surface area contributed by atoms with Gasteiger partial charge >= 0.3 is 0 Å². The van der Waals surface area contributed by atoms with E-state index in [1.807, 2.05) is 0 Å². The number of hydrogen-bond acceptors (Lipinski definition) is 1. The van der Waals surface area contributed by atoms with Crippen molar-refractivity contribution in [3.05, 3.63) is 12.2 Å². The number of rotatable bonds is 5. The minimum atomic E-state index is -0.0502. The van der Waals surface area contributed by atoms with Crippen LogP contribution in [-0.4, -0.2) is 11.2 Å². The molecule has 1 heteroatoms. The first-order chi connectivity index (χ1) is 14.1. The van der Waals surface area contributed by atoms with Crippen LogP contribution in [0.5, 0.6) is 0 Å². The summed E-state index contributed by atoms with van der Waals surface area (Å²) in [5.41, 5.74) is 2.51. The number of aliphatic hydroxyl groups excluding tert-OH is 1. The zero-order valence-corrected chi connectivity index (χ0v) is 20.9. The minimum absolute atomic E-state index is 0.0502. The van der Waals surface area contributed by atoms with Gasteiger partial charge in [-0.3, -0.25) is 0 Å². The molecule has 1 N–H and O–H groups in total. The van der Waals surface area contributed by atoms with Crippen LogP contribution in [0.25, 0.3) is 0 Å². The summed E-state index contributed by atoms with van der Waals surface area (Å²) in [7, 11) is 0. The summed E-state index contributed by atoms with van der Waals surface area (Å²) in [6.07, 6.45) is 13.5. The predicted molar refractivity (Wildman–Crippen MR) is 128 cm³/mol. The van der Waals surface area contributed by atoms with Gasteiger partial charge in [0.2, 0.25) is 0 Å². The highest BCUT2D eigenvalue weighted by Crippen LogP contribution is 2.68. The van der Waals surface area contributed by atoms with Gasteiger partial charge in [0.05, 0.1) is 6.10 Å². The number of fused-ring (bicyclic) bond motifs is 5. The average molecular weight is 415 g/mol. The maximum absolute atomic E-state index is 10.5. The van der Waals surface area contributed by atoms with Gasteiger partial charge < -0.3 is 5.11 Å². The van der Waals surface area contributed by atoms with Crippen molar-refractivity contribution in [2.75, 3.05) is 0 Å². The summed E-state index contributed by atoms with van der Waals surface area (Å²) >= 11 is 0. The molecule has 0 radical (unpaired) electrons. The molecule has 4 rings (SSSR count). The van der Waals surface area contributed by atoms with Crippen LogP contribution in [0.2, 0.25) is 0 Å². The quantitative estimate of drug-likeness (QED) is 0.454. The Balaban J connectivity index is 1.48. The summed E-state index contributed by atoms with van der Waals surface area (Å²) in [6, 6.07) is 0. The van der Waals surface area contributed by atoms with E-state index in [1.165, 1.54) is 63.4 Å². The molecule has 0 heterocycles. The Bertz CT molecular complexity index is 636. The summed E-state index contributed by atoms with van der Waals surface area (Å²) in [5.74, 6) is 6.47. The van der Waals surface area contributed by atoms with E-state index in [0.717, 1.165) is 41.9 Å². The number of aliphatic hydroxyl groups is 1. The second kappa shape index (κ2) is 8.24. The number of hydrogen-bond donors (Lipinski definition) is 1. The van der Waals surface area contributed by atoms with E-state index < -0.39 is 0 Å². The molecule has 0 bridgehead atoms. The highest BCUT2D eigenvalue weighted by atomic mass is 16.3. The fraction of sp³-hybridized carbons (Fsp3) is 0.931. The fourth-order valence-corrected chi connectivity index (χ4v) is 9.59. The van der Waals surface area contributed by atoms with E-state index in [1.54, 1.807) is 0 Å². The highest BCUT2D eigenvalue weighted by molar-refractivity contribution is 5.10. The van der Waals surface area contributed by atoms with Crippen LogP contribution in [-0.2, 0) is 0 Å². The maximum Gasteiger partial charge on any atom is 0.0568 e. The van der Waals surface area contributed by atoms with Crippen molar-refractivity contribution in [3.63, 3.8) is 0 Å². The second-order valence-corrected chi connectivity index (χ2v) is 13.1. The summed E-state index contributed by atoms with van der Waals surface area (Å²) in [6.45, 7) is 19.2.